The number of nitrogens with zero attached hydrogens (tertiary/aromatic N) is 6. The molecule has 0 aliphatic carbocycles. The van der Waals surface area contributed by atoms with E-state index in [1.54, 1.807) is 4.68 Å². The van der Waals surface area contributed by atoms with Gasteiger partial charge in [0.1, 0.15) is 0 Å². The SMILES string of the molecule is CN(C)c1ccc(-c2ccc(-c3cnn(C)c3)c3cn[nH]c23)nn1. The van der Waals surface area contributed by atoms with E-state index in [1.165, 1.54) is 0 Å². The highest BCUT2D eigenvalue weighted by Gasteiger charge is 2.13. The van der Waals surface area contributed by atoms with Crippen LogP contribution in [-0.4, -0.2) is 44.3 Å². The number of H-pyrrole nitrogens is 1. The first-order valence-corrected chi connectivity index (χ1v) is 7.60. The molecule has 120 valence electrons. The highest BCUT2D eigenvalue weighted by molar-refractivity contribution is 6.01. The molecule has 0 unspecified atom stereocenters. The minimum absolute atomic E-state index is 0.813. The fourth-order valence-corrected chi connectivity index (χ4v) is 2.77. The predicted octanol–water partition coefficient (Wildman–Crippen LogP) is 2.49. The molecule has 7 nitrogen and oxygen atoms in total. The molecule has 0 saturated carbocycles. The Morgan fingerprint density at radius 2 is 1.83 bits per heavy atom. The number of anilines is 1. The fourth-order valence-electron chi connectivity index (χ4n) is 2.77. The maximum absolute atomic E-state index is 4.35. The van der Waals surface area contributed by atoms with Crippen LogP contribution < -0.4 is 4.90 Å². The van der Waals surface area contributed by atoms with Gasteiger partial charge >= 0.3 is 0 Å². The van der Waals surface area contributed by atoms with E-state index in [-0.39, 0.29) is 0 Å². The Hall–Kier alpha value is -3.22. The van der Waals surface area contributed by atoms with Crippen molar-refractivity contribution in [3.8, 4) is 22.4 Å². The van der Waals surface area contributed by atoms with Gasteiger partial charge in [0.25, 0.3) is 0 Å². The molecule has 0 fully saturated rings. The Bertz CT molecular complexity index is 995. The van der Waals surface area contributed by atoms with Gasteiger partial charge in [0.05, 0.1) is 23.6 Å². The van der Waals surface area contributed by atoms with Crippen LogP contribution in [0.4, 0.5) is 5.82 Å². The summed E-state index contributed by atoms with van der Waals surface area (Å²) < 4.78 is 1.79. The van der Waals surface area contributed by atoms with Crippen molar-refractivity contribution in [1.29, 1.82) is 0 Å². The lowest BCUT2D eigenvalue weighted by molar-refractivity contribution is 0.768. The molecular formula is C17H17N7. The standard InChI is InChI=1S/C17H17N7/c1-23(2)16-7-6-15(20-21-16)13-5-4-12(11-8-19-24(3)10-11)14-9-18-22-17(13)14/h4-10H,1-3H3,(H,18,22). The summed E-state index contributed by atoms with van der Waals surface area (Å²) in [6.07, 6.45) is 5.68. The van der Waals surface area contributed by atoms with E-state index >= 15 is 0 Å². The number of aromatic nitrogens is 6. The molecule has 0 spiro atoms. The van der Waals surface area contributed by atoms with Crippen LogP contribution in [0.3, 0.4) is 0 Å². The number of hydrogen-bond donors (Lipinski definition) is 1. The maximum Gasteiger partial charge on any atom is 0.150 e. The minimum Gasteiger partial charge on any atom is -0.361 e. The van der Waals surface area contributed by atoms with E-state index in [1.807, 2.05) is 62.8 Å². The van der Waals surface area contributed by atoms with Gasteiger partial charge < -0.3 is 4.90 Å². The van der Waals surface area contributed by atoms with Gasteiger partial charge in [0.15, 0.2) is 5.82 Å². The highest BCUT2D eigenvalue weighted by Crippen LogP contribution is 2.33. The summed E-state index contributed by atoms with van der Waals surface area (Å²) in [5.74, 6) is 0.826. The molecule has 0 saturated heterocycles. The molecule has 3 aromatic heterocycles. The van der Waals surface area contributed by atoms with Crippen molar-refractivity contribution in [2.45, 2.75) is 0 Å². The quantitative estimate of drug-likeness (QED) is 0.628. The van der Waals surface area contributed by atoms with Crippen LogP contribution >= 0.6 is 0 Å². The highest BCUT2D eigenvalue weighted by atomic mass is 15.2. The van der Waals surface area contributed by atoms with Crippen LogP contribution in [0, 0.1) is 0 Å². The fraction of sp³-hybridized carbons (Fsp3) is 0.176. The monoisotopic (exact) mass is 319 g/mol. The van der Waals surface area contributed by atoms with Gasteiger partial charge in [0, 0.05) is 43.9 Å². The van der Waals surface area contributed by atoms with Crippen molar-refractivity contribution >= 4 is 16.7 Å². The number of hydrogen-bond acceptors (Lipinski definition) is 5. The molecule has 1 aromatic carbocycles. The third kappa shape index (κ3) is 2.30. The van der Waals surface area contributed by atoms with Crippen LogP contribution in [0.1, 0.15) is 0 Å². The molecule has 0 bridgehead atoms. The average Bonchev–Trinajstić information content (AvgIpc) is 3.23. The van der Waals surface area contributed by atoms with Crippen LogP contribution in [0.15, 0.2) is 42.9 Å². The minimum atomic E-state index is 0.813. The number of nitrogens with one attached hydrogen (secondary N) is 1. The zero-order valence-electron chi connectivity index (χ0n) is 13.7. The molecule has 4 rings (SSSR count). The number of aromatic amines is 1. The molecule has 7 heteroatoms. The lowest BCUT2D eigenvalue weighted by Gasteiger charge is -2.11. The van der Waals surface area contributed by atoms with E-state index in [0.717, 1.165) is 39.1 Å². The average molecular weight is 319 g/mol. The summed E-state index contributed by atoms with van der Waals surface area (Å²) in [6.45, 7) is 0. The summed E-state index contributed by atoms with van der Waals surface area (Å²) in [7, 11) is 5.80. The van der Waals surface area contributed by atoms with E-state index < -0.39 is 0 Å². The third-order valence-corrected chi connectivity index (χ3v) is 4.02. The van der Waals surface area contributed by atoms with Crippen LogP contribution in [-0.2, 0) is 7.05 Å². The van der Waals surface area contributed by atoms with E-state index in [9.17, 15) is 0 Å². The van der Waals surface area contributed by atoms with Crippen LogP contribution in [0.25, 0.3) is 33.3 Å². The molecule has 0 amide bonds. The molecule has 0 radical (unpaired) electrons. The third-order valence-electron chi connectivity index (χ3n) is 4.02. The van der Waals surface area contributed by atoms with Gasteiger partial charge in [-0.25, -0.2) is 0 Å². The molecular weight excluding hydrogens is 302 g/mol. The Balaban J connectivity index is 1.85. The van der Waals surface area contributed by atoms with Gasteiger partial charge in [-0.05, 0) is 23.8 Å². The Morgan fingerprint density at radius 3 is 2.50 bits per heavy atom. The predicted molar refractivity (Wildman–Crippen MR) is 93.6 cm³/mol. The van der Waals surface area contributed by atoms with Crippen molar-refractivity contribution in [3.63, 3.8) is 0 Å². The molecule has 24 heavy (non-hydrogen) atoms. The summed E-state index contributed by atoms with van der Waals surface area (Å²) in [4.78, 5) is 1.92. The molecule has 1 N–H and O–H groups in total. The van der Waals surface area contributed by atoms with Gasteiger partial charge in [-0.1, -0.05) is 6.07 Å². The first-order chi connectivity index (χ1) is 11.6. The first kappa shape index (κ1) is 14.4. The van der Waals surface area contributed by atoms with E-state index in [4.69, 9.17) is 0 Å². The summed E-state index contributed by atoms with van der Waals surface area (Å²) in [6, 6.07) is 8.05. The summed E-state index contributed by atoms with van der Waals surface area (Å²) in [5, 5.41) is 21.2. The lowest BCUT2D eigenvalue weighted by atomic mass is 10.0. The van der Waals surface area contributed by atoms with Gasteiger partial charge in [-0.3, -0.25) is 9.78 Å². The summed E-state index contributed by atoms with van der Waals surface area (Å²) in [5.41, 5.74) is 4.89. The smallest absolute Gasteiger partial charge is 0.150 e. The van der Waals surface area contributed by atoms with Crippen molar-refractivity contribution < 1.29 is 0 Å². The van der Waals surface area contributed by atoms with Gasteiger partial charge in [0.2, 0.25) is 0 Å². The second-order valence-electron chi connectivity index (χ2n) is 5.89. The van der Waals surface area contributed by atoms with Crippen LogP contribution in [0.2, 0.25) is 0 Å². The maximum atomic E-state index is 4.35. The number of aryl methyl sites for hydroxylation is 1. The summed E-state index contributed by atoms with van der Waals surface area (Å²) >= 11 is 0. The Labute approximate surface area is 138 Å². The normalized spacial score (nSPS) is 11.1. The molecule has 3 heterocycles. The van der Waals surface area contributed by atoms with E-state index in [2.05, 4.69) is 31.6 Å². The molecule has 0 aliphatic rings. The zero-order chi connectivity index (χ0) is 16.7. The van der Waals surface area contributed by atoms with E-state index in [0.29, 0.717) is 0 Å². The van der Waals surface area contributed by atoms with Crippen LogP contribution in [0.5, 0.6) is 0 Å². The van der Waals surface area contributed by atoms with Gasteiger partial charge in [-0.15, -0.1) is 10.2 Å². The van der Waals surface area contributed by atoms with Crippen molar-refractivity contribution in [1.82, 2.24) is 30.2 Å². The van der Waals surface area contributed by atoms with Crippen molar-refractivity contribution in [2.75, 3.05) is 19.0 Å². The topological polar surface area (TPSA) is 75.5 Å². The zero-order valence-corrected chi connectivity index (χ0v) is 13.7. The Morgan fingerprint density at radius 1 is 1.00 bits per heavy atom. The second-order valence-corrected chi connectivity index (χ2v) is 5.89. The van der Waals surface area contributed by atoms with Gasteiger partial charge in [-0.2, -0.15) is 10.2 Å². The lowest BCUT2D eigenvalue weighted by Crippen LogP contribution is -2.11. The van der Waals surface area contributed by atoms with Crippen molar-refractivity contribution in [3.05, 3.63) is 42.9 Å². The van der Waals surface area contributed by atoms with Crippen molar-refractivity contribution in [2.24, 2.45) is 7.05 Å². The molecule has 0 aliphatic heterocycles. The number of benzene rings is 1. The molecule has 0 atom stereocenters. The number of rotatable bonds is 3. The first-order valence-electron chi connectivity index (χ1n) is 7.60. The Kier molecular flexibility index (Phi) is 3.26. The largest absolute Gasteiger partial charge is 0.361 e. The molecule has 4 aromatic rings. The number of fused-ring (bicyclic) bond motifs is 1. The second kappa shape index (κ2) is 5.45.